The molecule has 0 saturated heterocycles. The van der Waals surface area contributed by atoms with E-state index >= 15 is 0 Å². The molecular weight excluding hydrogens is 76.1 g/mol. The molecule has 0 unspecified atom stereocenters. The SMILES string of the molecule is C1=CC[SiH2]C1. The van der Waals surface area contributed by atoms with Gasteiger partial charge in [0, 0.05) is 9.52 Å². The van der Waals surface area contributed by atoms with Gasteiger partial charge in [-0.15, -0.1) is 0 Å². The lowest BCUT2D eigenvalue weighted by Gasteiger charge is -1.66. The van der Waals surface area contributed by atoms with Crippen molar-refractivity contribution in [2.45, 2.75) is 12.1 Å². The average Bonchev–Trinajstić information content (AvgIpc) is 1.76. The fourth-order valence-electron chi connectivity index (χ4n) is 0.589. The van der Waals surface area contributed by atoms with Crippen LogP contribution in [0.1, 0.15) is 0 Å². The van der Waals surface area contributed by atoms with Crippen molar-refractivity contribution in [3.05, 3.63) is 12.2 Å². The topological polar surface area (TPSA) is 0 Å². The zero-order valence-corrected chi connectivity index (χ0v) is 4.69. The molecule has 0 aromatic rings. The molecule has 0 spiro atoms. The van der Waals surface area contributed by atoms with Crippen molar-refractivity contribution in [2.24, 2.45) is 0 Å². The van der Waals surface area contributed by atoms with Crippen LogP contribution >= 0.6 is 0 Å². The third kappa shape index (κ3) is 0.617. The van der Waals surface area contributed by atoms with E-state index < -0.39 is 0 Å². The van der Waals surface area contributed by atoms with Gasteiger partial charge in [0.15, 0.2) is 0 Å². The van der Waals surface area contributed by atoms with E-state index in [0.29, 0.717) is 9.52 Å². The van der Waals surface area contributed by atoms with Crippen LogP contribution in [0.25, 0.3) is 0 Å². The van der Waals surface area contributed by atoms with Gasteiger partial charge in [0.1, 0.15) is 0 Å². The number of rotatable bonds is 0. The summed E-state index contributed by atoms with van der Waals surface area (Å²) in [6, 6.07) is 2.92. The van der Waals surface area contributed by atoms with Gasteiger partial charge in [0.25, 0.3) is 0 Å². The highest BCUT2D eigenvalue weighted by Gasteiger charge is 1.86. The monoisotopic (exact) mass is 84.0 g/mol. The zero-order valence-electron chi connectivity index (χ0n) is 3.28. The lowest BCUT2D eigenvalue weighted by atomic mass is 10.6. The molecule has 1 heterocycles. The van der Waals surface area contributed by atoms with Crippen LogP contribution in [0, 0.1) is 0 Å². The first-order valence-corrected chi connectivity index (χ1v) is 4.15. The highest BCUT2D eigenvalue weighted by molar-refractivity contribution is 6.38. The van der Waals surface area contributed by atoms with Crippen LogP contribution in [-0.4, -0.2) is 9.52 Å². The Hall–Kier alpha value is -0.0431. The Morgan fingerprint density at radius 1 is 1.20 bits per heavy atom. The molecule has 28 valence electrons. The summed E-state index contributed by atoms with van der Waals surface area (Å²) < 4.78 is 0. The van der Waals surface area contributed by atoms with Gasteiger partial charge in [-0.1, -0.05) is 12.2 Å². The molecule has 5 heavy (non-hydrogen) atoms. The Morgan fingerprint density at radius 3 is 2.00 bits per heavy atom. The Bertz CT molecular complexity index is 41.6. The standard InChI is InChI=1S/C4H8Si/c1-2-4-5-3-1/h1-2H,3-5H2. The van der Waals surface area contributed by atoms with Crippen molar-refractivity contribution in [2.75, 3.05) is 0 Å². The third-order valence-corrected chi connectivity index (χ3v) is 2.39. The van der Waals surface area contributed by atoms with Crippen molar-refractivity contribution in [1.29, 1.82) is 0 Å². The molecule has 0 bridgehead atoms. The quantitative estimate of drug-likeness (QED) is 0.297. The van der Waals surface area contributed by atoms with E-state index in [1.165, 1.54) is 12.1 Å². The van der Waals surface area contributed by atoms with Crippen molar-refractivity contribution in [3.63, 3.8) is 0 Å². The van der Waals surface area contributed by atoms with E-state index in [9.17, 15) is 0 Å². The Kier molecular flexibility index (Phi) is 0.889. The third-order valence-electron chi connectivity index (χ3n) is 0.908. The minimum atomic E-state index is 0.432. The normalized spacial score (nSPS) is 20.8. The summed E-state index contributed by atoms with van der Waals surface area (Å²) in [4.78, 5) is 0. The zero-order chi connectivity index (χ0) is 3.54. The Morgan fingerprint density at radius 2 is 1.80 bits per heavy atom. The fraction of sp³-hybridized carbons (Fsp3) is 0.500. The molecule has 1 heteroatoms. The summed E-state index contributed by atoms with van der Waals surface area (Å²) in [6.07, 6.45) is 4.60. The van der Waals surface area contributed by atoms with E-state index in [0.717, 1.165) is 0 Å². The maximum Gasteiger partial charge on any atom is 0.0280 e. The molecule has 0 aliphatic carbocycles. The van der Waals surface area contributed by atoms with Gasteiger partial charge in [0.05, 0.1) is 0 Å². The van der Waals surface area contributed by atoms with E-state index in [4.69, 9.17) is 0 Å². The Balaban J connectivity index is 2.32. The highest BCUT2D eigenvalue weighted by Crippen LogP contribution is 1.97. The molecule has 0 atom stereocenters. The molecule has 0 N–H and O–H groups in total. The minimum Gasteiger partial charge on any atom is -0.0920 e. The number of hydrogen-bond donors (Lipinski definition) is 0. The van der Waals surface area contributed by atoms with Crippen LogP contribution in [0.3, 0.4) is 0 Å². The summed E-state index contributed by atoms with van der Waals surface area (Å²) >= 11 is 0. The lowest BCUT2D eigenvalue weighted by molar-refractivity contribution is 1.75. The molecule has 0 aromatic carbocycles. The van der Waals surface area contributed by atoms with E-state index in [-0.39, 0.29) is 0 Å². The molecule has 0 radical (unpaired) electrons. The van der Waals surface area contributed by atoms with Crippen molar-refractivity contribution in [3.8, 4) is 0 Å². The second-order valence-corrected chi connectivity index (χ2v) is 3.26. The van der Waals surface area contributed by atoms with Crippen molar-refractivity contribution >= 4 is 9.52 Å². The van der Waals surface area contributed by atoms with Crippen LogP contribution in [0.5, 0.6) is 0 Å². The average molecular weight is 84.2 g/mol. The predicted octanol–water partition coefficient (Wildman–Crippen LogP) is 0.562. The van der Waals surface area contributed by atoms with Gasteiger partial charge in [-0.2, -0.15) is 0 Å². The molecule has 1 aliphatic heterocycles. The molecule has 0 amide bonds. The molecule has 0 aromatic heterocycles. The predicted molar refractivity (Wildman–Crippen MR) is 27.3 cm³/mol. The largest absolute Gasteiger partial charge is 0.0920 e. The summed E-state index contributed by atoms with van der Waals surface area (Å²) in [5.74, 6) is 0. The smallest absolute Gasteiger partial charge is 0.0280 e. The van der Waals surface area contributed by atoms with Crippen LogP contribution in [0.4, 0.5) is 0 Å². The summed E-state index contributed by atoms with van der Waals surface area (Å²) in [5.41, 5.74) is 0. The maximum absolute atomic E-state index is 2.30. The van der Waals surface area contributed by atoms with Gasteiger partial charge >= 0.3 is 0 Å². The second kappa shape index (κ2) is 1.41. The van der Waals surface area contributed by atoms with Gasteiger partial charge in [-0.25, -0.2) is 0 Å². The summed E-state index contributed by atoms with van der Waals surface area (Å²) in [6.45, 7) is 0. The molecule has 0 nitrogen and oxygen atoms in total. The molecule has 1 rings (SSSR count). The summed E-state index contributed by atoms with van der Waals surface area (Å²) in [7, 11) is 0.432. The van der Waals surface area contributed by atoms with E-state index in [1.807, 2.05) is 0 Å². The summed E-state index contributed by atoms with van der Waals surface area (Å²) in [5, 5.41) is 0. The molecule has 1 aliphatic rings. The molecule has 0 fully saturated rings. The van der Waals surface area contributed by atoms with E-state index in [2.05, 4.69) is 12.2 Å². The number of allylic oxidation sites excluding steroid dienone is 2. The highest BCUT2D eigenvalue weighted by atomic mass is 28.2. The van der Waals surface area contributed by atoms with Gasteiger partial charge in [-0.05, 0) is 12.1 Å². The Labute approximate surface area is 34.7 Å². The van der Waals surface area contributed by atoms with Crippen molar-refractivity contribution < 1.29 is 0 Å². The minimum absolute atomic E-state index is 0.432. The molecular formula is C4H8Si. The number of hydrogen-bond acceptors (Lipinski definition) is 0. The second-order valence-electron chi connectivity index (χ2n) is 1.40. The van der Waals surface area contributed by atoms with Gasteiger partial charge in [0.2, 0.25) is 0 Å². The van der Waals surface area contributed by atoms with Crippen LogP contribution in [0.15, 0.2) is 12.2 Å². The van der Waals surface area contributed by atoms with Gasteiger partial charge < -0.3 is 0 Å². The van der Waals surface area contributed by atoms with Crippen LogP contribution in [0.2, 0.25) is 12.1 Å². The maximum atomic E-state index is 2.30. The van der Waals surface area contributed by atoms with Crippen molar-refractivity contribution in [1.82, 2.24) is 0 Å². The fourth-order valence-corrected chi connectivity index (χ4v) is 1.77. The molecule has 0 saturated carbocycles. The van der Waals surface area contributed by atoms with E-state index in [1.54, 1.807) is 0 Å². The lowest BCUT2D eigenvalue weighted by Crippen LogP contribution is -1.70. The van der Waals surface area contributed by atoms with Gasteiger partial charge in [-0.3, -0.25) is 0 Å². The van der Waals surface area contributed by atoms with Crippen LogP contribution < -0.4 is 0 Å². The first-order chi connectivity index (χ1) is 2.50. The first kappa shape index (κ1) is 3.16. The van der Waals surface area contributed by atoms with Crippen LogP contribution in [-0.2, 0) is 0 Å². The first-order valence-electron chi connectivity index (χ1n) is 2.15.